The number of halogens is 1. The van der Waals surface area contributed by atoms with Crippen LogP contribution < -0.4 is 31.0 Å². The Balaban J connectivity index is 2.12. The van der Waals surface area contributed by atoms with E-state index in [9.17, 15) is 4.39 Å². The van der Waals surface area contributed by atoms with Crippen LogP contribution in [0.2, 0.25) is 0 Å². The number of nitrogens with zero attached hydrogens (tertiary/aromatic N) is 3. The Hall–Kier alpha value is -3.49. The van der Waals surface area contributed by atoms with E-state index >= 15 is 0 Å². The van der Waals surface area contributed by atoms with Crippen molar-refractivity contribution in [2.24, 2.45) is 4.99 Å². The van der Waals surface area contributed by atoms with Gasteiger partial charge in [-0.15, -0.1) is 0 Å². The SMILES string of the molecule is CNn1c(N)c2cc(F)c(OC)cc2nc1=NCc1ccc(OC)cc1OC. The van der Waals surface area contributed by atoms with E-state index in [2.05, 4.69) is 15.4 Å². The first kappa shape index (κ1) is 19.3. The standard InChI is InChI=1S/C19H22FN5O3/c1-22-25-18(21)13-8-14(20)17(28-4)9-15(13)24-19(25)23-10-11-5-6-12(26-2)7-16(11)27-3/h5-9,22H,10,21H2,1-4H3. The maximum Gasteiger partial charge on any atom is 0.246 e. The van der Waals surface area contributed by atoms with Crippen LogP contribution in [0, 0.1) is 5.82 Å². The summed E-state index contributed by atoms with van der Waals surface area (Å²) in [6, 6.07) is 8.27. The van der Waals surface area contributed by atoms with Gasteiger partial charge in [-0.1, -0.05) is 0 Å². The fourth-order valence-electron chi connectivity index (χ4n) is 2.85. The first-order chi connectivity index (χ1) is 13.5. The van der Waals surface area contributed by atoms with Crippen LogP contribution >= 0.6 is 0 Å². The fourth-order valence-corrected chi connectivity index (χ4v) is 2.85. The molecule has 3 rings (SSSR count). The van der Waals surface area contributed by atoms with Gasteiger partial charge < -0.3 is 25.4 Å². The van der Waals surface area contributed by atoms with Crippen LogP contribution in [0.1, 0.15) is 5.56 Å². The number of aromatic nitrogens is 2. The predicted molar refractivity (Wildman–Crippen MR) is 105 cm³/mol. The Kier molecular flexibility index (Phi) is 5.53. The van der Waals surface area contributed by atoms with Gasteiger partial charge in [-0.05, 0) is 18.2 Å². The third-order valence-electron chi connectivity index (χ3n) is 4.32. The van der Waals surface area contributed by atoms with Crippen LogP contribution in [0.25, 0.3) is 10.9 Å². The Morgan fingerprint density at radius 3 is 2.50 bits per heavy atom. The number of hydrogen-bond donors (Lipinski definition) is 2. The highest BCUT2D eigenvalue weighted by atomic mass is 19.1. The lowest BCUT2D eigenvalue weighted by atomic mass is 10.2. The van der Waals surface area contributed by atoms with Crippen molar-refractivity contribution in [1.29, 1.82) is 0 Å². The van der Waals surface area contributed by atoms with Crippen molar-refractivity contribution in [2.45, 2.75) is 6.54 Å². The molecule has 0 spiro atoms. The van der Waals surface area contributed by atoms with Crippen LogP contribution in [-0.2, 0) is 6.54 Å². The van der Waals surface area contributed by atoms with Crippen molar-refractivity contribution in [2.75, 3.05) is 39.5 Å². The van der Waals surface area contributed by atoms with Crippen LogP contribution in [0.5, 0.6) is 17.2 Å². The van der Waals surface area contributed by atoms with Gasteiger partial charge in [0.25, 0.3) is 0 Å². The maximum absolute atomic E-state index is 14.1. The molecule has 28 heavy (non-hydrogen) atoms. The highest BCUT2D eigenvalue weighted by Crippen LogP contribution is 2.26. The molecule has 0 fully saturated rings. The van der Waals surface area contributed by atoms with E-state index < -0.39 is 5.82 Å². The van der Waals surface area contributed by atoms with Gasteiger partial charge in [-0.2, -0.15) is 0 Å². The van der Waals surface area contributed by atoms with Crippen LogP contribution in [-0.4, -0.2) is 38.0 Å². The van der Waals surface area contributed by atoms with Crippen molar-refractivity contribution in [1.82, 2.24) is 9.66 Å². The summed E-state index contributed by atoms with van der Waals surface area (Å²) in [5.74, 6) is 1.20. The normalized spacial score (nSPS) is 11.5. The van der Waals surface area contributed by atoms with Gasteiger partial charge in [0.1, 0.15) is 17.3 Å². The van der Waals surface area contributed by atoms with E-state index in [1.807, 2.05) is 12.1 Å². The van der Waals surface area contributed by atoms with E-state index in [4.69, 9.17) is 19.9 Å². The van der Waals surface area contributed by atoms with E-state index in [-0.39, 0.29) is 11.6 Å². The number of nitrogen functional groups attached to an aromatic ring is 1. The zero-order chi connectivity index (χ0) is 20.3. The number of nitrogens with one attached hydrogen (secondary N) is 1. The summed E-state index contributed by atoms with van der Waals surface area (Å²) < 4.78 is 31.2. The molecular weight excluding hydrogens is 365 g/mol. The average Bonchev–Trinajstić information content (AvgIpc) is 2.72. The summed E-state index contributed by atoms with van der Waals surface area (Å²) in [7, 11) is 6.25. The summed E-state index contributed by atoms with van der Waals surface area (Å²) >= 11 is 0. The number of ether oxygens (including phenoxy) is 3. The monoisotopic (exact) mass is 387 g/mol. The second kappa shape index (κ2) is 8.03. The molecule has 0 bridgehead atoms. The maximum atomic E-state index is 14.1. The van der Waals surface area contributed by atoms with Crippen LogP contribution in [0.15, 0.2) is 35.3 Å². The molecule has 0 aliphatic heterocycles. The van der Waals surface area contributed by atoms with Gasteiger partial charge in [0.2, 0.25) is 5.62 Å². The van der Waals surface area contributed by atoms with Crippen molar-refractivity contribution in [3.05, 3.63) is 47.3 Å². The smallest absolute Gasteiger partial charge is 0.246 e. The molecule has 0 saturated heterocycles. The highest BCUT2D eigenvalue weighted by Gasteiger charge is 2.12. The van der Waals surface area contributed by atoms with Crippen LogP contribution in [0.3, 0.4) is 0 Å². The quantitative estimate of drug-likeness (QED) is 0.672. The Morgan fingerprint density at radius 1 is 1.11 bits per heavy atom. The summed E-state index contributed by atoms with van der Waals surface area (Å²) in [5.41, 5.74) is 10.8. The molecule has 0 aliphatic carbocycles. The molecule has 3 N–H and O–H groups in total. The molecule has 0 radical (unpaired) electrons. The minimum absolute atomic E-state index is 0.0874. The average molecular weight is 387 g/mol. The molecule has 148 valence electrons. The Morgan fingerprint density at radius 2 is 1.86 bits per heavy atom. The van der Waals surface area contributed by atoms with E-state index in [0.29, 0.717) is 34.6 Å². The van der Waals surface area contributed by atoms with Gasteiger partial charge in [0.05, 0.1) is 33.4 Å². The van der Waals surface area contributed by atoms with Gasteiger partial charge in [-0.25, -0.2) is 19.0 Å². The number of rotatable bonds is 6. The molecule has 2 aromatic carbocycles. The zero-order valence-electron chi connectivity index (χ0n) is 16.1. The summed E-state index contributed by atoms with van der Waals surface area (Å²) in [4.78, 5) is 9.06. The van der Waals surface area contributed by atoms with Gasteiger partial charge in [0, 0.05) is 30.1 Å². The summed E-state index contributed by atoms with van der Waals surface area (Å²) in [6.45, 7) is 0.297. The number of hydrogen-bond acceptors (Lipinski definition) is 7. The van der Waals surface area contributed by atoms with Crippen molar-refractivity contribution in [3.8, 4) is 17.2 Å². The van der Waals surface area contributed by atoms with Gasteiger partial charge >= 0.3 is 0 Å². The second-order valence-electron chi connectivity index (χ2n) is 5.85. The van der Waals surface area contributed by atoms with Gasteiger partial charge in [-0.3, -0.25) is 0 Å². The first-order valence-electron chi connectivity index (χ1n) is 8.47. The Labute approximate surface area is 161 Å². The molecule has 9 heteroatoms. The number of anilines is 1. The minimum Gasteiger partial charge on any atom is -0.497 e. The lowest BCUT2D eigenvalue weighted by Crippen LogP contribution is -2.32. The summed E-state index contributed by atoms with van der Waals surface area (Å²) in [5, 5.41) is 0.452. The fraction of sp³-hybridized carbons (Fsp3) is 0.263. The Bertz CT molecular complexity index is 1080. The number of benzene rings is 2. The van der Waals surface area contributed by atoms with Crippen molar-refractivity contribution >= 4 is 16.7 Å². The topological polar surface area (TPSA) is 95.9 Å². The molecule has 3 aromatic rings. The zero-order valence-corrected chi connectivity index (χ0v) is 16.1. The number of fused-ring (bicyclic) bond motifs is 1. The molecule has 8 nitrogen and oxygen atoms in total. The number of nitrogens with two attached hydrogens (primary N) is 1. The second-order valence-corrected chi connectivity index (χ2v) is 5.85. The first-order valence-corrected chi connectivity index (χ1v) is 8.47. The molecule has 1 heterocycles. The molecule has 0 aliphatic rings. The molecule has 1 aromatic heterocycles. The minimum atomic E-state index is -0.515. The van der Waals surface area contributed by atoms with Crippen molar-refractivity contribution in [3.63, 3.8) is 0 Å². The lowest BCUT2D eigenvalue weighted by Gasteiger charge is -2.14. The van der Waals surface area contributed by atoms with E-state index in [1.165, 1.54) is 23.9 Å². The highest BCUT2D eigenvalue weighted by molar-refractivity contribution is 5.89. The molecule has 0 amide bonds. The number of methoxy groups -OCH3 is 3. The van der Waals surface area contributed by atoms with Crippen LogP contribution in [0.4, 0.5) is 10.2 Å². The van der Waals surface area contributed by atoms with E-state index in [1.54, 1.807) is 27.3 Å². The third-order valence-corrected chi connectivity index (χ3v) is 4.32. The molecule has 0 unspecified atom stereocenters. The molecule has 0 atom stereocenters. The lowest BCUT2D eigenvalue weighted by molar-refractivity contribution is 0.387. The largest absolute Gasteiger partial charge is 0.497 e. The molecular formula is C19H22FN5O3. The predicted octanol–water partition coefficient (Wildman–Crippen LogP) is 2.06. The third kappa shape index (κ3) is 3.51. The van der Waals surface area contributed by atoms with Crippen molar-refractivity contribution < 1.29 is 18.6 Å². The van der Waals surface area contributed by atoms with E-state index in [0.717, 1.165) is 5.56 Å². The summed E-state index contributed by atoms with van der Waals surface area (Å²) in [6.07, 6.45) is 0. The van der Waals surface area contributed by atoms with Gasteiger partial charge in [0.15, 0.2) is 11.6 Å². The molecule has 0 saturated carbocycles.